The van der Waals surface area contributed by atoms with Crippen LogP contribution >= 0.6 is 11.8 Å². The number of rotatable bonds is 5. The standard InChI is InChI=1S/C21H24N4O3S/c26-20(23-19-6-5-16(15-22-19)24-9-12-28-13-10-24)7-8-21(27)25-11-14-29-18-4-2-1-3-17(18)25/h1-6,15H,7-14H2,(H,22,23,26). The topological polar surface area (TPSA) is 74.8 Å². The van der Waals surface area contributed by atoms with Gasteiger partial charge in [-0.25, -0.2) is 4.98 Å². The summed E-state index contributed by atoms with van der Waals surface area (Å²) in [7, 11) is 0. The van der Waals surface area contributed by atoms with Crippen molar-refractivity contribution in [2.75, 3.05) is 53.7 Å². The number of carbonyl (C=O) groups excluding carboxylic acids is 2. The van der Waals surface area contributed by atoms with Gasteiger partial charge in [0.05, 0.1) is 30.8 Å². The summed E-state index contributed by atoms with van der Waals surface area (Å²) in [6.07, 6.45) is 2.07. The van der Waals surface area contributed by atoms with Crippen molar-refractivity contribution in [2.24, 2.45) is 0 Å². The van der Waals surface area contributed by atoms with Crippen LogP contribution in [0.25, 0.3) is 0 Å². The normalized spacial score (nSPS) is 16.3. The van der Waals surface area contributed by atoms with Crippen molar-refractivity contribution >= 4 is 40.8 Å². The maximum Gasteiger partial charge on any atom is 0.227 e. The minimum atomic E-state index is -0.204. The van der Waals surface area contributed by atoms with Crippen molar-refractivity contribution in [3.8, 4) is 0 Å². The monoisotopic (exact) mass is 412 g/mol. The highest BCUT2D eigenvalue weighted by molar-refractivity contribution is 7.99. The molecule has 1 fully saturated rings. The number of para-hydroxylation sites is 1. The van der Waals surface area contributed by atoms with Crippen molar-refractivity contribution in [1.82, 2.24) is 4.98 Å². The first-order valence-electron chi connectivity index (χ1n) is 9.81. The number of morpholine rings is 1. The molecule has 3 heterocycles. The van der Waals surface area contributed by atoms with Gasteiger partial charge in [0, 0.05) is 43.1 Å². The molecule has 0 unspecified atom stereocenters. The molecule has 1 N–H and O–H groups in total. The summed E-state index contributed by atoms with van der Waals surface area (Å²) >= 11 is 1.76. The zero-order valence-corrected chi connectivity index (χ0v) is 17.0. The Hall–Kier alpha value is -2.58. The maximum atomic E-state index is 12.6. The van der Waals surface area contributed by atoms with Crippen molar-refractivity contribution in [2.45, 2.75) is 17.7 Å². The predicted octanol–water partition coefficient (Wildman–Crippen LogP) is 2.78. The molecule has 0 atom stereocenters. The van der Waals surface area contributed by atoms with Crippen molar-refractivity contribution in [3.05, 3.63) is 42.6 Å². The van der Waals surface area contributed by atoms with Crippen LogP contribution < -0.4 is 15.1 Å². The van der Waals surface area contributed by atoms with Gasteiger partial charge >= 0.3 is 0 Å². The van der Waals surface area contributed by atoms with E-state index in [1.165, 1.54) is 0 Å². The van der Waals surface area contributed by atoms with E-state index in [0.717, 1.165) is 35.1 Å². The fourth-order valence-corrected chi connectivity index (χ4v) is 4.45. The highest BCUT2D eigenvalue weighted by Gasteiger charge is 2.23. The van der Waals surface area contributed by atoms with Crippen LogP contribution in [0, 0.1) is 0 Å². The number of nitrogens with one attached hydrogen (secondary N) is 1. The first kappa shape index (κ1) is 19.7. The van der Waals surface area contributed by atoms with E-state index in [-0.39, 0.29) is 24.7 Å². The molecule has 0 aliphatic carbocycles. The molecule has 1 aromatic heterocycles. The largest absolute Gasteiger partial charge is 0.378 e. The lowest BCUT2D eigenvalue weighted by molar-refractivity contribution is -0.122. The van der Waals surface area contributed by atoms with Crippen molar-refractivity contribution in [1.29, 1.82) is 0 Å². The second-order valence-electron chi connectivity index (χ2n) is 6.91. The number of thioether (sulfide) groups is 1. The van der Waals surface area contributed by atoms with E-state index in [2.05, 4.69) is 15.2 Å². The average Bonchev–Trinajstić information content (AvgIpc) is 2.78. The molecule has 2 aliphatic heterocycles. The number of carbonyl (C=O) groups is 2. The molecule has 8 heteroatoms. The predicted molar refractivity (Wildman–Crippen MR) is 115 cm³/mol. The number of nitrogens with zero attached hydrogens (tertiary/aromatic N) is 3. The van der Waals surface area contributed by atoms with Gasteiger partial charge in [-0.2, -0.15) is 0 Å². The number of benzene rings is 1. The Kier molecular flexibility index (Phi) is 6.31. The Morgan fingerprint density at radius 3 is 2.69 bits per heavy atom. The summed E-state index contributed by atoms with van der Waals surface area (Å²) in [4.78, 5) is 34.4. The molecule has 2 amide bonds. The number of anilines is 3. The second kappa shape index (κ2) is 9.28. The molecular weight excluding hydrogens is 388 g/mol. The third-order valence-electron chi connectivity index (χ3n) is 4.99. The van der Waals surface area contributed by atoms with Gasteiger partial charge in [-0.05, 0) is 24.3 Å². The van der Waals surface area contributed by atoms with Gasteiger partial charge in [-0.3, -0.25) is 9.59 Å². The van der Waals surface area contributed by atoms with E-state index in [4.69, 9.17) is 4.74 Å². The van der Waals surface area contributed by atoms with E-state index < -0.39 is 0 Å². The molecule has 0 saturated carbocycles. The summed E-state index contributed by atoms with van der Waals surface area (Å²) in [5.41, 5.74) is 1.96. The molecule has 0 radical (unpaired) electrons. The first-order valence-corrected chi connectivity index (χ1v) is 10.8. The minimum Gasteiger partial charge on any atom is -0.378 e. The lowest BCUT2D eigenvalue weighted by Gasteiger charge is -2.29. The average molecular weight is 413 g/mol. The molecule has 29 heavy (non-hydrogen) atoms. The number of pyridine rings is 1. The van der Waals surface area contributed by atoms with E-state index in [1.54, 1.807) is 28.9 Å². The van der Waals surface area contributed by atoms with Gasteiger partial charge in [0.15, 0.2) is 0 Å². The van der Waals surface area contributed by atoms with Crippen LogP contribution in [0.5, 0.6) is 0 Å². The molecular formula is C21H24N4O3S. The first-order chi connectivity index (χ1) is 14.2. The molecule has 152 valence electrons. The number of fused-ring (bicyclic) bond motifs is 1. The third-order valence-corrected chi connectivity index (χ3v) is 6.03. The Labute approximate surface area is 174 Å². The van der Waals surface area contributed by atoms with Crippen LogP contribution in [0.4, 0.5) is 17.2 Å². The number of hydrogen-bond acceptors (Lipinski definition) is 6. The molecule has 0 spiro atoms. The van der Waals surface area contributed by atoms with Crippen LogP contribution in [0.3, 0.4) is 0 Å². The van der Waals surface area contributed by atoms with Crippen LogP contribution in [-0.4, -0.2) is 55.4 Å². The second-order valence-corrected chi connectivity index (χ2v) is 8.05. The molecule has 4 rings (SSSR count). The van der Waals surface area contributed by atoms with Crippen LogP contribution in [0.2, 0.25) is 0 Å². The van der Waals surface area contributed by atoms with Gasteiger partial charge < -0.3 is 19.9 Å². The van der Waals surface area contributed by atoms with Gasteiger partial charge in [-0.1, -0.05) is 12.1 Å². The van der Waals surface area contributed by atoms with Crippen LogP contribution in [0.1, 0.15) is 12.8 Å². The molecule has 1 aromatic carbocycles. The number of ether oxygens (including phenoxy) is 1. The Bertz CT molecular complexity index is 868. The maximum absolute atomic E-state index is 12.6. The zero-order valence-electron chi connectivity index (χ0n) is 16.2. The van der Waals surface area contributed by atoms with Crippen LogP contribution in [0.15, 0.2) is 47.5 Å². The highest BCUT2D eigenvalue weighted by Crippen LogP contribution is 2.34. The van der Waals surface area contributed by atoms with Gasteiger partial charge in [0.25, 0.3) is 0 Å². The summed E-state index contributed by atoms with van der Waals surface area (Å²) in [5.74, 6) is 1.14. The number of aromatic nitrogens is 1. The van der Waals surface area contributed by atoms with Gasteiger partial charge in [0.1, 0.15) is 5.82 Å². The summed E-state index contributed by atoms with van der Waals surface area (Å²) in [6, 6.07) is 11.6. The highest BCUT2D eigenvalue weighted by atomic mass is 32.2. The van der Waals surface area contributed by atoms with Crippen molar-refractivity contribution < 1.29 is 14.3 Å². The Morgan fingerprint density at radius 2 is 1.90 bits per heavy atom. The molecule has 0 bridgehead atoms. The number of hydrogen-bond donors (Lipinski definition) is 1. The molecule has 2 aliphatic rings. The van der Waals surface area contributed by atoms with Crippen molar-refractivity contribution in [3.63, 3.8) is 0 Å². The van der Waals surface area contributed by atoms with Crippen LogP contribution in [-0.2, 0) is 14.3 Å². The SMILES string of the molecule is O=C(CCC(=O)N1CCSc2ccccc21)Nc1ccc(N2CCOCC2)cn1. The van der Waals surface area contributed by atoms with E-state index in [9.17, 15) is 9.59 Å². The molecule has 7 nitrogen and oxygen atoms in total. The van der Waals surface area contributed by atoms with Gasteiger partial charge in [0.2, 0.25) is 11.8 Å². The Morgan fingerprint density at radius 1 is 1.07 bits per heavy atom. The van der Waals surface area contributed by atoms with Gasteiger partial charge in [-0.15, -0.1) is 11.8 Å². The minimum absolute atomic E-state index is 0.0245. The summed E-state index contributed by atoms with van der Waals surface area (Å²) in [6.45, 7) is 3.79. The fraction of sp³-hybridized carbons (Fsp3) is 0.381. The fourth-order valence-electron chi connectivity index (χ4n) is 3.46. The van der Waals surface area contributed by atoms with E-state index in [1.807, 2.05) is 30.3 Å². The van der Waals surface area contributed by atoms with E-state index in [0.29, 0.717) is 25.6 Å². The molecule has 1 saturated heterocycles. The smallest absolute Gasteiger partial charge is 0.227 e. The summed E-state index contributed by atoms with van der Waals surface area (Å²) in [5, 5.41) is 2.78. The Balaban J connectivity index is 1.28. The molecule has 2 aromatic rings. The zero-order chi connectivity index (χ0) is 20.1. The quantitative estimate of drug-likeness (QED) is 0.814. The van der Waals surface area contributed by atoms with E-state index >= 15 is 0 Å². The number of amides is 2. The third kappa shape index (κ3) is 4.89. The lowest BCUT2D eigenvalue weighted by atomic mass is 10.2. The summed E-state index contributed by atoms with van der Waals surface area (Å²) < 4.78 is 5.36. The lowest BCUT2D eigenvalue weighted by Crippen LogP contribution is -2.36.